The predicted octanol–water partition coefficient (Wildman–Crippen LogP) is 1.34. The summed E-state index contributed by atoms with van der Waals surface area (Å²) in [6.45, 7) is 3.33. The van der Waals surface area contributed by atoms with Crippen LogP contribution in [-0.4, -0.2) is 36.2 Å². The molecular weight excluding hydrogens is 255 g/mol. The van der Waals surface area contributed by atoms with Gasteiger partial charge >= 0.3 is 0 Å². The Morgan fingerprint density at radius 3 is 3.05 bits per heavy atom. The number of aliphatic hydroxyl groups is 1. The first-order chi connectivity index (χ1) is 9.72. The molecule has 3 nitrogen and oxygen atoms in total. The number of rotatable bonds is 4. The first-order valence-corrected chi connectivity index (χ1v) is 7.03. The molecule has 1 aromatic carbocycles. The zero-order valence-corrected chi connectivity index (χ0v) is 11.6. The fourth-order valence-corrected chi connectivity index (χ4v) is 2.65. The van der Waals surface area contributed by atoms with Gasteiger partial charge in [-0.3, -0.25) is 4.90 Å². The minimum atomic E-state index is -0.297. The van der Waals surface area contributed by atoms with Crippen LogP contribution in [0.15, 0.2) is 18.2 Å². The summed E-state index contributed by atoms with van der Waals surface area (Å²) in [5.74, 6) is 5.74. The molecule has 1 fully saturated rings. The van der Waals surface area contributed by atoms with Crippen molar-refractivity contribution in [1.29, 1.82) is 0 Å². The zero-order chi connectivity index (χ0) is 14.4. The molecule has 1 heterocycles. The molecule has 4 heteroatoms. The second-order valence-corrected chi connectivity index (χ2v) is 5.22. The molecule has 0 aliphatic carbocycles. The SMILES string of the molecule is NCC#Cc1cc(CN2CCC(CCO)C2)ccc1F. The zero-order valence-electron chi connectivity index (χ0n) is 11.6. The van der Waals surface area contributed by atoms with Crippen molar-refractivity contribution >= 4 is 0 Å². The summed E-state index contributed by atoms with van der Waals surface area (Å²) in [7, 11) is 0. The van der Waals surface area contributed by atoms with E-state index in [0.717, 1.165) is 38.0 Å². The predicted molar refractivity (Wildman–Crippen MR) is 77.4 cm³/mol. The number of benzene rings is 1. The molecule has 0 radical (unpaired) electrons. The van der Waals surface area contributed by atoms with Crippen molar-refractivity contribution in [2.45, 2.75) is 19.4 Å². The van der Waals surface area contributed by atoms with Gasteiger partial charge in [0.2, 0.25) is 0 Å². The summed E-state index contributed by atoms with van der Waals surface area (Å²) in [6.07, 6.45) is 1.99. The van der Waals surface area contributed by atoms with E-state index < -0.39 is 0 Å². The molecule has 108 valence electrons. The van der Waals surface area contributed by atoms with Crippen molar-refractivity contribution in [1.82, 2.24) is 4.90 Å². The van der Waals surface area contributed by atoms with Gasteiger partial charge in [0.25, 0.3) is 0 Å². The number of hydrogen-bond donors (Lipinski definition) is 2. The van der Waals surface area contributed by atoms with Crippen LogP contribution >= 0.6 is 0 Å². The van der Waals surface area contributed by atoms with Crippen LogP contribution in [0.5, 0.6) is 0 Å². The second kappa shape index (κ2) is 7.39. The molecule has 20 heavy (non-hydrogen) atoms. The van der Waals surface area contributed by atoms with Gasteiger partial charge in [-0.1, -0.05) is 17.9 Å². The van der Waals surface area contributed by atoms with Crippen molar-refractivity contribution in [2.24, 2.45) is 11.7 Å². The van der Waals surface area contributed by atoms with Crippen LogP contribution in [-0.2, 0) is 6.54 Å². The number of nitrogens with zero attached hydrogens (tertiary/aromatic N) is 1. The van der Waals surface area contributed by atoms with E-state index >= 15 is 0 Å². The average molecular weight is 276 g/mol. The molecule has 0 bridgehead atoms. The number of aliphatic hydroxyl groups excluding tert-OH is 1. The molecule has 2 rings (SSSR count). The third kappa shape index (κ3) is 4.04. The molecule has 1 aliphatic heterocycles. The second-order valence-electron chi connectivity index (χ2n) is 5.22. The van der Waals surface area contributed by atoms with E-state index in [9.17, 15) is 4.39 Å². The van der Waals surface area contributed by atoms with E-state index in [1.807, 2.05) is 6.07 Å². The monoisotopic (exact) mass is 276 g/mol. The van der Waals surface area contributed by atoms with Gasteiger partial charge in [0.1, 0.15) is 5.82 Å². The van der Waals surface area contributed by atoms with E-state index in [0.29, 0.717) is 11.5 Å². The summed E-state index contributed by atoms with van der Waals surface area (Å²) in [5, 5.41) is 8.97. The van der Waals surface area contributed by atoms with Crippen molar-refractivity contribution < 1.29 is 9.50 Å². The topological polar surface area (TPSA) is 49.5 Å². The van der Waals surface area contributed by atoms with Crippen LogP contribution < -0.4 is 5.73 Å². The minimum Gasteiger partial charge on any atom is -0.396 e. The Hall–Kier alpha value is -1.41. The quantitative estimate of drug-likeness (QED) is 0.816. The molecular formula is C16H21FN2O. The largest absolute Gasteiger partial charge is 0.396 e. The lowest BCUT2D eigenvalue weighted by Gasteiger charge is -2.16. The molecule has 0 aromatic heterocycles. The number of halogens is 1. The van der Waals surface area contributed by atoms with Crippen molar-refractivity contribution in [2.75, 3.05) is 26.2 Å². The van der Waals surface area contributed by atoms with Crippen molar-refractivity contribution in [3.63, 3.8) is 0 Å². The summed E-state index contributed by atoms with van der Waals surface area (Å²) < 4.78 is 13.6. The van der Waals surface area contributed by atoms with Crippen LogP contribution in [0.2, 0.25) is 0 Å². The Labute approximate surface area is 119 Å². The standard InChI is InChI=1S/C16H21FN2O/c17-16-4-3-14(10-15(16)2-1-7-18)12-19-8-5-13(11-19)6-9-20/h3-4,10,13,20H,5-9,11-12,18H2. The van der Waals surface area contributed by atoms with Gasteiger partial charge in [0.15, 0.2) is 0 Å². The Bertz CT molecular complexity index is 507. The third-order valence-corrected chi connectivity index (χ3v) is 3.67. The van der Waals surface area contributed by atoms with Crippen molar-refractivity contribution in [3.8, 4) is 11.8 Å². The minimum absolute atomic E-state index is 0.235. The lowest BCUT2D eigenvalue weighted by Crippen LogP contribution is -2.20. The van der Waals surface area contributed by atoms with E-state index in [4.69, 9.17) is 10.8 Å². The highest BCUT2D eigenvalue weighted by Gasteiger charge is 2.21. The smallest absolute Gasteiger partial charge is 0.138 e. The molecule has 1 atom stereocenters. The average Bonchev–Trinajstić information content (AvgIpc) is 2.87. The first-order valence-electron chi connectivity index (χ1n) is 7.03. The molecule has 1 aliphatic rings. The fourth-order valence-electron chi connectivity index (χ4n) is 2.65. The van der Waals surface area contributed by atoms with E-state index in [-0.39, 0.29) is 19.0 Å². The first kappa shape index (κ1) is 15.0. The maximum absolute atomic E-state index is 13.6. The lowest BCUT2D eigenvalue weighted by atomic mass is 10.1. The van der Waals surface area contributed by atoms with Gasteiger partial charge in [0, 0.05) is 19.7 Å². The molecule has 3 N–H and O–H groups in total. The fraction of sp³-hybridized carbons (Fsp3) is 0.500. The Morgan fingerprint density at radius 2 is 2.30 bits per heavy atom. The van der Waals surface area contributed by atoms with Gasteiger partial charge in [0.05, 0.1) is 12.1 Å². The van der Waals surface area contributed by atoms with Crippen LogP contribution in [0.25, 0.3) is 0 Å². The number of likely N-dealkylation sites (tertiary alicyclic amines) is 1. The highest BCUT2D eigenvalue weighted by Crippen LogP contribution is 2.21. The molecule has 1 aromatic rings. The van der Waals surface area contributed by atoms with Crippen LogP contribution in [0, 0.1) is 23.6 Å². The number of nitrogens with two attached hydrogens (primary N) is 1. The van der Waals surface area contributed by atoms with E-state index in [1.54, 1.807) is 6.07 Å². The van der Waals surface area contributed by atoms with Gasteiger partial charge in [-0.15, -0.1) is 0 Å². The highest BCUT2D eigenvalue weighted by atomic mass is 19.1. The number of hydrogen-bond acceptors (Lipinski definition) is 3. The normalized spacial score (nSPS) is 18.9. The lowest BCUT2D eigenvalue weighted by molar-refractivity contribution is 0.249. The molecule has 1 unspecified atom stereocenters. The Balaban J connectivity index is 2.00. The molecule has 0 spiro atoms. The van der Waals surface area contributed by atoms with Gasteiger partial charge < -0.3 is 10.8 Å². The summed E-state index contributed by atoms with van der Waals surface area (Å²) in [6, 6.07) is 5.08. The maximum Gasteiger partial charge on any atom is 0.138 e. The molecule has 0 saturated carbocycles. The van der Waals surface area contributed by atoms with E-state index in [2.05, 4.69) is 16.7 Å². The summed E-state index contributed by atoms with van der Waals surface area (Å²) in [5.41, 5.74) is 6.80. The summed E-state index contributed by atoms with van der Waals surface area (Å²) >= 11 is 0. The third-order valence-electron chi connectivity index (χ3n) is 3.67. The van der Waals surface area contributed by atoms with Crippen LogP contribution in [0.3, 0.4) is 0 Å². The maximum atomic E-state index is 13.6. The summed E-state index contributed by atoms with van der Waals surface area (Å²) in [4.78, 5) is 2.34. The van der Waals surface area contributed by atoms with Gasteiger partial charge in [-0.05, 0) is 43.0 Å². The molecule has 0 amide bonds. The van der Waals surface area contributed by atoms with Crippen LogP contribution in [0.4, 0.5) is 4.39 Å². The Morgan fingerprint density at radius 1 is 1.45 bits per heavy atom. The van der Waals surface area contributed by atoms with Crippen LogP contribution in [0.1, 0.15) is 24.0 Å². The molecule has 1 saturated heterocycles. The van der Waals surface area contributed by atoms with Crippen molar-refractivity contribution in [3.05, 3.63) is 35.1 Å². The van der Waals surface area contributed by atoms with E-state index in [1.165, 1.54) is 6.07 Å². The highest BCUT2D eigenvalue weighted by molar-refractivity contribution is 5.38. The van der Waals surface area contributed by atoms with Gasteiger partial charge in [-0.25, -0.2) is 4.39 Å². The van der Waals surface area contributed by atoms with Gasteiger partial charge in [-0.2, -0.15) is 0 Å². The Kier molecular flexibility index (Phi) is 5.54.